The summed E-state index contributed by atoms with van der Waals surface area (Å²) in [6.07, 6.45) is 5.52. The molecule has 1 aliphatic rings. The lowest BCUT2D eigenvalue weighted by molar-refractivity contribution is 0.479. The maximum absolute atomic E-state index is 5.53. The molecule has 0 aliphatic carbocycles. The van der Waals surface area contributed by atoms with Crippen molar-refractivity contribution in [3.05, 3.63) is 24.2 Å². The lowest BCUT2D eigenvalue weighted by Crippen LogP contribution is -2.32. The van der Waals surface area contributed by atoms with Crippen molar-refractivity contribution in [3.8, 4) is 0 Å². The van der Waals surface area contributed by atoms with E-state index >= 15 is 0 Å². The summed E-state index contributed by atoms with van der Waals surface area (Å²) in [5.74, 6) is 3.63. The van der Waals surface area contributed by atoms with Crippen LogP contribution < -0.4 is 4.90 Å². The van der Waals surface area contributed by atoms with Gasteiger partial charge in [-0.15, -0.1) is 10.2 Å². The second-order valence-electron chi connectivity index (χ2n) is 6.20. The molecular formula is C16H24N4OS. The van der Waals surface area contributed by atoms with Gasteiger partial charge in [0.2, 0.25) is 5.95 Å². The van der Waals surface area contributed by atoms with Crippen LogP contribution >= 0.6 is 11.8 Å². The fraction of sp³-hybridized carbons (Fsp3) is 0.625. The smallest absolute Gasteiger partial charge is 0.228 e. The molecule has 0 N–H and O–H groups in total. The number of anilines is 1. The number of furan rings is 1. The maximum atomic E-state index is 5.53. The van der Waals surface area contributed by atoms with Crippen LogP contribution in [0, 0.1) is 5.92 Å². The Kier molecular flexibility index (Phi) is 5.08. The van der Waals surface area contributed by atoms with Gasteiger partial charge in [0, 0.05) is 18.8 Å². The molecule has 120 valence electrons. The van der Waals surface area contributed by atoms with Crippen molar-refractivity contribution in [3.63, 3.8) is 0 Å². The molecule has 6 heteroatoms. The van der Waals surface area contributed by atoms with E-state index in [0.29, 0.717) is 12.5 Å². The molecule has 1 saturated heterocycles. The van der Waals surface area contributed by atoms with Gasteiger partial charge < -0.3 is 9.32 Å². The Morgan fingerprint density at radius 2 is 2.05 bits per heavy atom. The summed E-state index contributed by atoms with van der Waals surface area (Å²) in [4.78, 5) is 2.36. The van der Waals surface area contributed by atoms with Gasteiger partial charge in [-0.3, -0.25) is 4.57 Å². The maximum Gasteiger partial charge on any atom is 0.228 e. The van der Waals surface area contributed by atoms with E-state index in [-0.39, 0.29) is 0 Å². The topological polar surface area (TPSA) is 47.1 Å². The number of aromatic nitrogens is 3. The van der Waals surface area contributed by atoms with Gasteiger partial charge in [0.1, 0.15) is 5.76 Å². The predicted octanol–water partition coefficient (Wildman–Crippen LogP) is 3.66. The van der Waals surface area contributed by atoms with E-state index < -0.39 is 0 Å². The Hall–Kier alpha value is -1.43. The van der Waals surface area contributed by atoms with Crippen LogP contribution in [0.3, 0.4) is 0 Å². The van der Waals surface area contributed by atoms with Gasteiger partial charge in [-0.05, 0) is 37.3 Å². The van der Waals surface area contributed by atoms with E-state index in [1.165, 1.54) is 19.3 Å². The molecule has 0 atom stereocenters. The predicted molar refractivity (Wildman–Crippen MR) is 89.5 cm³/mol. The number of thioether (sulfide) groups is 1. The second kappa shape index (κ2) is 7.22. The normalized spacial score (nSPS) is 15.7. The van der Waals surface area contributed by atoms with Crippen molar-refractivity contribution in [2.75, 3.05) is 23.7 Å². The minimum atomic E-state index is 0.636. The van der Waals surface area contributed by atoms with Crippen molar-refractivity contribution in [1.29, 1.82) is 0 Å². The van der Waals surface area contributed by atoms with Crippen LogP contribution in [0.5, 0.6) is 0 Å². The number of rotatable bonds is 6. The standard InChI is InChI=1S/C16H24N4OS/c1-13(2)12-22-16-18-17-15(19-8-4-3-5-9-19)20(16)11-14-7-6-10-21-14/h6-7,10,13H,3-5,8-9,11-12H2,1-2H3. The molecule has 1 fully saturated rings. The zero-order valence-corrected chi connectivity index (χ0v) is 14.2. The number of piperidine rings is 1. The van der Waals surface area contributed by atoms with E-state index in [4.69, 9.17) is 4.42 Å². The molecule has 0 aromatic carbocycles. The number of hydrogen-bond acceptors (Lipinski definition) is 5. The third kappa shape index (κ3) is 3.66. The van der Waals surface area contributed by atoms with Crippen LogP contribution in [-0.2, 0) is 6.54 Å². The van der Waals surface area contributed by atoms with Gasteiger partial charge >= 0.3 is 0 Å². The van der Waals surface area contributed by atoms with Gasteiger partial charge in [0.15, 0.2) is 5.16 Å². The lowest BCUT2D eigenvalue weighted by atomic mass is 10.1. The molecule has 0 saturated carbocycles. The van der Waals surface area contributed by atoms with Gasteiger partial charge in [-0.2, -0.15) is 0 Å². The Morgan fingerprint density at radius 3 is 2.73 bits per heavy atom. The summed E-state index contributed by atoms with van der Waals surface area (Å²) in [7, 11) is 0. The minimum Gasteiger partial charge on any atom is -0.467 e. The molecule has 2 aromatic heterocycles. The largest absolute Gasteiger partial charge is 0.467 e. The first-order valence-corrected chi connectivity index (χ1v) is 9.06. The Balaban J connectivity index is 1.84. The first-order valence-electron chi connectivity index (χ1n) is 8.07. The molecule has 22 heavy (non-hydrogen) atoms. The highest BCUT2D eigenvalue weighted by molar-refractivity contribution is 7.99. The summed E-state index contributed by atoms with van der Waals surface area (Å²) >= 11 is 1.78. The van der Waals surface area contributed by atoms with Crippen LogP contribution in [0.2, 0.25) is 0 Å². The number of nitrogens with zero attached hydrogens (tertiary/aromatic N) is 4. The molecule has 0 unspecified atom stereocenters. The van der Waals surface area contributed by atoms with Crippen molar-refractivity contribution >= 4 is 17.7 Å². The molecule has 0 spiro atoms. The van der Waals surface area contributed by atoms with E-state index in [2.05, 4.69) is 33.5 Å². The fourth-order valence-corrected chi connectivity index (χ4v) is 3.54. The summed E-state index contributed by atoms with van der Waals surface area (Å²) in [6.45, 7) is 7.31. The highest BCUT2D eigenvalue weighted by Crippen LogP contribution is 2.26. The highest BCUT2D eigenvalue weighted by atomic mass is 32.2. The van der Waals surface area contributed by atoms with Crippen LogP contribution in [0.25, 0.3) is 0 Å². The van der Waals surface area contributed by atoms with E-state index in [1.807, 2.05) is 12.1 Å². The van der Waals surface area contributed by atoms with Crippen LogP contribution in [0.15, 0.2) is 28.0 Å². The molecule has 0 amide bonds. The van der Waals surface area contributed by atoms with Crippen LogP contribution in [0.1, 0.15) is 38.9 Å². The lowest BCUT2D eigenvalue weighted by Gasteiger charge is -2.27. The average Bonchev–Trinajstić information content (AvgIpc) is 3.16. The summed E-state index contributed by atoms with van der Waals surface area (Å²) < 4.78 is 7.73. The zero-order valence-electron chi connectivity index (χ0n) is 13.4. The molecule has 0 bridgehead atoms. The number of hydrogen-bond donors (Lipinski definition) is 0. The van der Waals surface area contributed by atoms with Gasteiger partial charge in [-0.25, -0.2) is 0 Å². The summed E-state index contributed by atoms with van der Waals surface area (Å²) in [5, 5.41) is 9.90. The molecule has 0 radical (unpaired) electrons. The molecule has 3 heterocycles. The monoisotopic (exact) mass is 320 g/mol. The second-order valence-corrected chi connectivity index (χ2v) is 7.19. The Labute approximate surface area is 136 Å². The van der Waals surface area contributed by atoms with Crippen molar-refractivity contribution < 1.29 is 4.42 Å². The Morgan fingerprint density at radius 1 is 1.23 bits per heavy atom. The van der Waals surface area contributed by atoms with Crippen molar-refractivity contribution in [2.45, 2.75) is 44.8 Å². The first kappa shape index (κ1) is 15.5. The third-order valence-electron chi connectivity index (χ3n) is 3.78. The molecule has 1 aliphatic heterocycles. The summed E-state index contributed by atoms with van der Waals surface area (Å²) in [6, 6.07) is 3.94. The first-order chi connectivity index (χ1) is 10.7. The van der Waals surface area contributed by atoms with Crippen LogP contribution in [0.4, 0.5) is 5.95 Å². The van der Waals surface area contributed by atoms with E-state index in [9.17, 15) is 0 Å². The van der Waals surface area contributed by atoms with Crippen LogP contribution in [-0.4, -0.2) is 33.6 Å². The molecular weight excluding hydrogens is 296 g/mol. The summed E-state index contributed by atoms with van der Waals surface area (Å²) in [5.41, 5.74) is 0. The van der Waals surface area contributed by atoms with Gasteiger partial charge in [0.05, 0.1) is 12.8 Å². The SMILES string of the molecule is CC(C)CSc1nnc(N2CCCCC2)n1Cc1ccco1. The van der Waals surface area contributed by atoms with Crippen molar-refractivity contribution in [2.24, 2.45) is 5.92 Å². The average molecular weight is 320 g/mol. The van der Waals surface area contributed by atoms with Crippen molar-refractivity contribution in [1.82, 2.24) is 14.8 Å². The zero-order chi connectivity index (χ0) is 15.4. The molecule has 5 nitrogen and oxygen atoms in total. The Bertz CT molecular complexity index is 573. The quantitative estimate of drug-likeness (QED) is 0.760. The van der Waals surface area contributed by atoms with E-state index in [0.717, 1.165) is 35.7 Å². The third-order valence-corrected chi connectivity index (χ3v) is 5.17. The fourth-order valence-electron chi connectivity index (χ4n) is 2.65. The molecule has 3 rings (SSSR count). The van der Waals surface area contributed by atoms with Gasteiger partial charge in [-0.1, -0.05) is 25.6 Å². The van der Waals surface area contributed by atoms with E-state index in [1.54, 1.807) is 18.0 Å². The highest BCUT2D eigenvalue weighted by Gasteiger charge is 2.21. The molecule has 2 aromatic rings. The minimum absolute atomic E-state index is 0.636. The van der Waals surface area contributed by atoms with Gasteiger partial charge in [0.25, 0.3) is 0 Å².